The van der Waals surface area contributed by atoms with E-state index in [1.165, 1.54) is 9.87 Å². The van der Waals surface area contributed by atoms with Crippen LogP contribution >= 0.6 is 0 Å². The Kier molecular flexibility index (Phi) is 21.4. The van der Waals surface area contributed by atoms with Crippen LogP contribution in [-0.2, 0) is 64.9 Å². The quantitative estimate of drug-likeness (QED) is 0.0470. The minimum Gasteiger partial charge on any atom is -0.444 e. The second-order valence-electron chi connectivity index (χ2n) is 20.6. The number of ether oxygens (including phenoxy) is 2. The summed E-state index contributed by atoms with van der Waals surface area (Å²) in [6.07, 6.45) is -1.82. The number of hydrogen-bond acceptors (Lipinski definition) is 10. The topological polar surface area (TPSA) is 189 Å². The number of amides is 3. The maximum Gasteiger partial charge on any atom is 0.407 e. The van der Waals surface area contributed by atoms with E-state index in [0.717, 1.165) is 45.4 Å². The summed E-state index contributed by atoms with van der Waals surface area (Å²) in [4.78, 5) is 30.9. The van der Waals surface area contributed by atoms with E-state index in [4.69, 9.17) is 9.47 Å². The highest BCUT2D eigenvalue weighted by molar-refractivity contribution is 7.89. The van der Waals surface area contributed by atoms with E-state index >= 15 is 0 Å². The first-order valence-electron chi connectivity index (χ1n) is 26.7. The highest BCUT2D eigenvalue weighted by atomic mass is 32.2. The van der Waals surface area contributed by atoms with Crippen molar-refractivity contribution in [1.29, 1.82) is 0 Å². The smallest absolute Gasteiger partial charge is 0.407 e. The minimum atomic E-state index is -3.85. The Balaban J connectivity index is 0.000000228. The van der Waals surface area contributed by atoms with Crippen molar-refractivity contribution in [2.24, 2.45) is 5.92 Å². The molecule has 410 valence electrons. The molecule has 8 rings (SSSR count). The Morgan fingerprint density at radius 1 is 0.688 bits per heavy atom. The molecule has 15 heteroatoms. The molecule has 0 spiro atoms. The van der Waals surface area contributed by atoms with Gasteiger partial charge in [0.15, 0.2) is 0 Å². The van der Waals surface area contributed by atoms with E-state index < -0.39 is 52.6 Å². The van der Waals surface area contributed by atoms with Crippen LogP contribution in [0.5, 0.6) is 0 Å². The molecule has 2 aliphatic heterocycles. The molecule has 0 radical (unpaired) electrons. The van der Waals surface area contributed by atoms with Crippen LogP contribution in [0.3, 0.4) is 0 Å². The number of aliphatic hydroxyl groups excluding tert-OH is 4. The van der Waals surface area contributed by atoms with Gasteiger partial charge in [0.05, 0.1) is 48.9 Å². The lowest BCUT2D eigenvalue weighted by molar-refractivity contribution is -0.0408. The molecule has 2 fully saturated rings. The molecule has 0 saturated carbocycles. The number of hydrogen-bond donors (Lipinski definition) is 5. The van der Waals surface area contributed by atoms with E-state index in [9.17, 15) is 38.4 Å². The molecular formula is C62H76N4O10S. The summed E-state index contributed by atoms with van der Waals surface area (Å²) in [5, 5.41) is 47.2. The van der Waals surface area contributed by atoms with Gasteiger partial charge in [-0.25, -0.2) is 18.0 Å². The van der Waals surface area contributed by atoms with E-state index in [2.05, 4.69) is 24.4 Å². The molecule has 7 atom stereocenters. The zero-order chi connectivity index (χ0) is 54.9. The number of aliphatic hydroxyl groups is 4. The molecule has 6 aromatic rings. The summed E-state index contributed by atoms with van der Waals surface area (Å²) < 4.78 is 38.9. The largest absolute Gasteiger partial charge is 0.444 e. The zero-order valence-electron chi connectivity index (χ0n) is 44.7. The monoisotopic (exact) mass is 1070 g/mol. The number of sulfonamides is 1. The lowest BCUT2D eigenvalue weighted by atomic mass is 9.91. The van der Waals surface area contributed by atoms with Crippen LogP contribution in [0.2, 0.25) is 0 Å². The van der Waals surface area contributed by atoms with Gasteiger partial charge >= 0.3 is 12.1 Å². The maximum absolute atomic E-state index is 14.7. The molecule has 3 amide bonds. The lowest BCUT2D eigenvalue weighted by Crippen LogP contribution is -2.51. The van der Waals surface area contributed by atoms with Crippen LogP contribution in [0.1, 0.15) is 71.7 Å². The zero-order valence-corrected chi connectivity index (χ0v) is 45.5. The Labute approximate surface area is 455 Å². The SMILES string of the molecule is CCc1ccc(CN2C(=O)N(Cc3ccc(CO)cc3)C(Cc3ccccc3)C(O)C(O)C2Cc2ccccc2)cc1.Cc1ccc(S(=O)(=O)N(CC(C)C)CC(O)C(Cc2ccccc2)NC(=O)OC2CCOC2)cc1. The van der Waals surface area contributed by atoms with Crippen LogP contribution < -0.4 is 5.32 Å². The third-order valence-electron chi connectivity index (χ3n) is 14.2. The fourth-order valence-electron chi connectivity index (χ4n) is 9.81. The molecule has 2 aliphatic rings. The van der Waals surface area contributed by atoms with Gasteiger partial charge in [-0.1, -0.05) is 178 Å². The number of aryl methyl sites for hydroxylation is 2. The molecule has 5 N–H and O–H groups in total. The van der Waals surface area contributed by atoms with Gasteiger partial charge in [0.25, 0.3) is 0 Å². The van der Waals surface area contributed by atoms with E-state index in [1.54, 1.807) is 34.1 Å². The molecule has 0 aliphatic carbocycles. The minimum absolute atomic E-state index is 0.0373. The van der Waals surface area contributed by atoms with Gasteiger partial charge in [0, 0.05) is 32.6 Å². The van der Waals surface area contributed by atoms with Gasteiger partial charge in [-0.05, 0) is 89.6 Å². The van der Waals surface area contributed by atoms with Crippen LogP contribution in [0.4, 0.5) is 9.59 Å². The summed E-state index contributed by atoms with van der Waals surface area (Å²) in [5.74, 6) is 0.0373. The summed E-state index contributed by atoms with van der Waals surface area (Å²) in [5.41, 5.74) is 7.68. The first-order chi connectivity index (χ1) is 37.1. The number of benzene rings is 6. The van der Waals surface area contributed by atoms with Crippen molar-refractivity contribution in [3.63, 3.8) is 0 Å². The summed E-state index contributed by atoms with van der Waals surface area (Å²) in [6, 6.07) is 49.2. The predicted molar refractivity (Wildman–Crippen MR) is 298 cm³/mol. The third-order valence-corrected chi connectivity index (χ3v) is 16.0. The van der Waals surface area contributed by atoms with E-state index in [1.807, 2.05) is 148 Å². The van der Waals surface area contributed by atoms with Crippen molar-refractivity contribution in [2.75, 3.05) is 26.3 Å². The van der Waals surface area contributed by atoms with Gasteiger partial charge in [-0.2, -0.15) is 4.31 Å². The van der Waals surface area contributed by atoms with Crippen molar-refractivity contribution >= 4 is 22.1 Å². The predicted octanol–water partition coefficient (Wildman–Crippen LogP) is 8.25. The van der Waals surface area contributed by atoms with Crippen LogP contribution in [0.25, 0.3) is 0 Å². The third kappa shape index (κ3) is 16.5. The second kappa shape index (κ2) is 28.3. The van der Waals surface area contributed by atoms with Gasteiger partial charge in [0.1, 0.15) is 18.3 Å². The number of nitrogens with one attached hydrogen (secondary N) is 1. The number of urea groups is 1. The van der Waals surface area contributed by atoms with E-state index in [0.29, 0.717) is 45.4 Å². The van der Waals surface area contributed by atoms with Crippen molar-refractivity contribution in [1.82, 2.24) is 19.4 Å². The van der Waals surface area contributed by atoms with Crippen molar-refractivity contribution < 1.29 is 47.9 Å². The molecule has 0 bridgehead atoms. The summed E-state index contributed by atoms with van der Waals surface area (Å²) >= 11 is 0. The Morgan fingerprint density at radius 3 is 1.62 bits per heavy atom. The molecule has 77 heavy (non-hydrogen) atoms. The Hall–Kier alpha value is -6.43. The van der Waals surface area contributed by atoms with E-state index in [-0.39, 0.29) is 49.2 Å². The fraction of sp³-hybridized carbons (Fsp3) is 0.387. The molecule has 0 aromatic heterocycles. The van der Waals surface area contributed by atoms with Gasteiger partial charge in [-0.3, -0.25) is 0 Å². The first kappa shape index (κ1) is 58.3. The van der Waals surface area contributed by atoms with Crippen molar-refractivity contribution in [3.05, 3.63) is 208 Å². The first-order valence-corrected chi connectivity index (χ1v) is 28.2. The van der Waals surface area contributed by atoms with Crippen LogP contribution in [0, 0.1) is 12.8 Å². The van der Waals surface area contributed by atoms with Crippen LogP contribution in [0.15, 0.2) is 169 Å². The molecule has 7 unspecified atom stereocenters. The number of carbonyl (C=O) groups is 2. The summed E-state index contributed by atoms with van der Waals surface area (Å²) in [7, 11) is -3.85. The second-order valence-corrected chi connectivity index (χ2v) is 22.5. The lowest BCUT2D eigenvalue weighted by Gasteiger charge is -2.36. The summed E-state index contributed by atoms with van der Waals surface area (Å²) in [6.45, 7) is 9.30. The number of alkyl carbamates (subject to hydrolysis) is 1. The molecule has 14 nitrogen and oxygen atoms in total. The van der Waals surface area contributed by atoms with Gasteiger partial charge in [-0.15, -0.1) is 0 Å². The molecular weight excluding hydrogens is 993 g/mol. The van der Waals surface area contributed by atoms with Gasteiger partial charge in [0.2, 0.25) is 10.0 Å². The number of carbonyl (C=O) groups excluding carboxylic acids is 2. The average Bonchev–Trinajstić information content (AvgIpc) is 3.96. The normalized spacial score (nSPS) is 19.6. The average molecular weight is 1070 g/mol. The highest BCUT2D eigenvalue weighted by Gasteiger charge is 2.46. The molecule has 2 saturated heterocycles. The molecule has 6 aromatic carbocycles. The van der Waals surface area contributed by atoms with Crippen molar-refractivity contribution in [3.8, 4) is 0 Å². The number of nitrogens with zero attached hydrogens (tertiary/aromatic N) is 3. The maximum atomic E-state index is 14.7. The standard InChI is InChI=1S/C36H40N2O4.C26H36N2O6S/c1-2-26-13-15-29(16-14-26)23-37-32(21-27-9-5-3-6-10-27)34(40)35(41)33(22-28-11-7-4-8-12-28)38(36(37)42)24-30-17-19-31(25-39)20-18-30;1-19(2)16-28(35(31,32)23-11-9-20(3)10-12-23)17-25(29)24(15-21-7-5-4-6-8-21)27-26(30)34-22-13-14-33-18-22/h3-20,32-35,39-41H,2,21-25H2,1H3;4-12,19,22,24-25,29H,13-18H2,1-3H3,(H,27,30). The Bertz CT molecular complexity index is 2730. The number of rotatable bonds is 21. The Morgan fingerprint density at radius 2 is 1.17 bits per heavy atom. The highest BCUT2D eigenvalue weighted by Crippen LogP contribution is 2.31. The van der Waals surface area contributed by atoms with Crippen molar-refractivity contribution in [2.45, 2.75) is 127 Å². The fourth-order valence-corrected chi connectivity index (χ4v) is 11.4. The molecule has 2 heterocycles. The van der Waals surface area contributed by atoms with Gasteiger partial charge < -0.3 is 45.0 Å². The van der Waals surface area contributed by atoms with Crippen LogP contribution in [-0.4, -0.2) is 124 Å².